The molecular formula is C23H26F3N3O2. The molecule has 1 saturated carbocycles. The predicted molar refractivity (Wildman–Crippen MR) is 113 cm³/mol. The molecule has 31 heavy (non-hydrogen) atoms. The third kappa shape index (κ3) is 6.37. The number of piperidine rings is 1. The number of anilines is 2. The number of carbonyl (C=O) groups excluding carboxylic acids is 1. The molecule has 0 radical (unpaired) electrons. The van der Waals surface area contributed by atoms with Crippen molar-refractivity contribution < 1.29 is 22.7 Å². The maximum atomic E-state index is 12.4. The minimum absolute atomic E-state index is 0.102. The lowest BCUT2D eigenvalue weighted by molar-refractivity contribution is -0.274. The fourth-order valence-electron chi connectivity index (χ4n) is 3.83. The van der Waals surface area contributed by atoms with E-state index >= 15 is 0 Å². The summed E-state index contributed by atoms with van der Waals surface area (Å²) in [7, 11) is 0. The van der Waals surface area contributed by atoms with E-state index in [-0.39, 0.29) is 17.6 Å². The summed E-state index contributed by atoms with van der Waals surface area (Å²) in [5.74, 6) is 0.0752. The standard InChI is InChI=1S/C23H26F3N3O2/c24-23(25,26)31-21-6-1-3-16(13-21)15-27-18-9-11-29(12-10-18)20-5-2-4-19(14-20)28-22(30)17-7-8-17/h1-6,13-14,17-18,27H,7-12,15H2,(H,28,30). The zero-order valence-corrected chi connectivity index (χ0v) is 17.1. The van der Waals surface area contributed by atoms with Crippen molar-refractivity contribution in [2.24, 2.45) is 5.92 Å². The normalized spacial score (nSPS) is 17.5. The van der Waals surface area contributed by atoms with Crippen LogP contribution in [-0.2, 0) is 11.3 Å². The second-order valence-electron chi connectivity index (χ2n) is 8.15. The van der Waals surface area contributed by atoms with Crippen LogP contribution in [0.1, 0.15) is 31.2 Å². The first-order valence-corrected chi connectivity index (χ1v) is 10.6. The number of alkyl halides is 3. The van der Waals surface area contributed by atoms with Crippen LogP contribution in [0.5, 0.6) is 5.75 Å². The molecule has 2 aromatic carbocycles. The summed E-state index contributed by atoms with van der Waals surface area (Å²) in [4.78, 5) is 14.3. The number of benzene rings is 2. The van der Waals surface area contributed by atoms with Gasteiger partial charge in [-0.1, -0.05) is 18.2 Å². The van der Waals surface area contributed by atoms with E-state index < -0.39 is 6.36 Å². The molecule has 2 aromatic rings. The zero-order chi connectivity index (χ0) is 21.8. The smallest absolute Gasteiger partial charge is 0.406 e. The summed E-state index contributed by atoms with van der Waals surface area (Å²) in [6.07, 6.45) is -0.872. The molecule has 1 amide bonds. The molecule has 2 aliphatic rings. The van der Waals surface area contributed by atoms with Gasteiger partial charge in [0.2, 0.25) is 5.91 Å². The second-order valence-corrected chi connectivity index (χ2v) is 8.15. The summed E-state index contributed by atoms with van der Waals surface area (Å²) in [5.41, 5.74) is 2.67. The number of nitrogens with zero attached hydrogens (tertiary/aromatic N) is 1. The monoisotopic (exact) mass is 433 g/mol. The molecule has 4 rings (SSSR count). The molecule has 2 fully saturated rings. The lowest BCUT2D eigenvalue weighted by Crippen LogP contribution is -2.42. The summed E-state index contributed by atoms with van der Waals surface area (Å²) < 4.78 is 41.2. The third-order valence-corrected chi connectivity index (χ3v) is 5.65. The van der Waals surface area contributed by atoms with Crippen LogP contribution < -0.4 is 20.3 Å². The first-order chi connectivity index (χ1) is 14.9. The molecule has 166 valence electrons. The van der Waals surface area contributed by atoms with Crippen molar-refractivity contribution >= 4 is 17.3 Å². The van der Waals surface area contributed by atoms with Crippen molar-refractivity contribution in [2.45, 2.75) is 44.6 Å². The van der Waals surface area contributed by atoms with Crippen molar-refractivity contribution in [1.29, 1.82) is 0 Å². The molecule has 0 aromatic heterocycles. The average molecular weight is 433 g/mol. The summed E-state index contributed by atoms with van der Waals surface area (Å²) in [5, 5.41) is 6.43. The quantitative estimate of drug-likeness (QED) is 0.665. The Labute approximate surface area is 179 Å². The molecule has 0 spiro atoms. The SMILES string of the molecule is O=C(Nc1cccc(N2CCC(NCc3cccc(OC(F)(F)F)c3)CC2)c1)C1CC1. The Morgan fingerprint density at radius 2 is 1.77 bits per heavy atom. The predicted octanol–water partition coefficient (Wildman–Crippen LogP) is 4.69. The molecule has 2 N–H and O–H groups in total. The highest BCUT2D eigenvalue weighted by Gasteiger charge is 2.31. The van der Waals surface area contributed by atoms with E-state index in [1.54, 1.807) is 12.1 Å². The molecule has 1 saturated heterocycles. The number of ether oxygens (including phenoxy) is 1. The topological polar surface area (TPSA) is 53.6 Å². The van der Waals surface area contributed by atoms with Gasteiger partial charge in [0.1, 0.15) is 5.75 Å². The van der Waals surface area contributed by atoms with Crippen LogP contribution >= 0.6 is 0 Å². The minimum atomic E-state index is -4.68. The molecule has 1 heterocycles. The lowest BCUT2D eigenvalue weighted by atomic mass is 10.0. The Bertz CT molecular complexity index is 907. The highest BCUT2D eigenvalue weighted by Crippen LogP contribution is 2.31. The average Bonchev–Trinajstić information content (AvgIpc) is 3.57. The molecule has 0 unspecified atom stereocenters. The van der Waals surface area contributed by atoms with Crippen molar-refractivity contribution in [1.82, 2.24) is 5.32 Å². The van der Waals surface area contributed by atoms with E-state index in [9.17, 15) is 18.0 Å². The number of hydrogen-bond acceptors (Lipinski definition) is 4. The van der Waals surface area contributed by atoms with Gasteiger partial charge in [-0.25, -0.2) is 0 Å². The van der Waals surface area contributed by atoms with Gasteiger partial charge in [0.25, 0.3) is 0 Å². The number of nitrogens with one attached hydrogen (secondary N) is 2. The number of halogens is 3. The van der Waals surface area contributed by atoms with Crippen LogP contribution in [-0.4, -0.2) is 31.4 Å². The van der Waals surface area contributed by atoms with Gasteiger partial charge < -0.3 is 20.3 Å². The third-order valence-electron chi connectivity index (χ3n) is 5.65. The second kappa shape index (κ2) is 9.18. The van der Waals surface area contributed by atoms with E-state index in [0.29, 0.717) is 12.6 Å². The zero-order valence-electron chi connectivity index (χ0n) is 17.1. The number of amides is 1. The molecule has 1 aliphatic carbocycles. The highest BCUT2D eigenvalue weighted by atomic mass is 19.4. The first kappa shape index (κ1) is 21.5. The minimum Gasteiger partial charge on any atom is -0.406 e. The Balaban J connectivity index is 1.26. The molecule has 0 atom stereocenters. The van der Waals surface area contributed by atoms with E-state index in [1.807, 2.05) is 24.3 Å². The van der Waals surface area contributed by atoms with Crippen LogP contribution in [0.3, 0.4) is 0 Å². The van der Waals surface area contributed by atoms with Gasteiger partial charge in [-0.15, -0.1) is 13.2 Å². The van der Waals surface area contributed by atoms with Crippen LogP contribution in [0.25, 0.3) is 0 Å². The lowest BCUT2D eigenvalue weighted by Gasteiger charge is -2.34. The molecule has 8 heteroatoms. The molecule has 0 bridgehead atoms. The van der Waals surface area contributed by atoms with Crippen molar-refractivity contribution in [3.63, 3.8) is 0 Å². The van der Waals surface area contributed by atoms with Crippen LogP contribution in [0.4, 0.5) is 24.5 Å². The molecular weight excluding hydrogens is 407 g/mol. The fourth-order valence-corrected chi connectivity index (χ4v) is 3.83. The van der Waals surface area contributed by atoms with Crippen molar-refractivity contribution in [3.8, 4) is 5.75 Å². The van der Waals surface area contributed by atoms with E-state index in [0.717, 1.165) is 55.7 Å². The molecule has 1 aliphatic heterocycles. The largest absolute Gasteiger partial charge is 0.573 e. The van der Waals surface area contributed by atoms with Gasteiger partial charge in [0.15, 0.2) is 0 Å². The number of hydrogen-bond donors (Lipinski definition) is 2. The van der Waals surface area contributed by atoms with Gasteiger partial charge in [-0.2, -0.15) is 0 Å². The van der Waals surface area contributed by atoms with Gasteiger partial charge in [-0.3, -0.25) is 4.79 Å². The summed E-state index contributed by atoms with van der Waals surface area (Å²) >= 11 is 0. The maximum Gasteiger partial charge on any atom is 0.573 e. The Kier molecular flexibility index (Phi) is 6.36. The Hall–Kier alpha value is -2.74. The Morgan fingerprint density at radius 3 is 2.48 bits per heavy atom. The fraction of sp³-hybridized carbons (Fsp3) is 0.435. The number of rotatable bonds is 7. The van der Waals surface area contributed by atoms with Crippen LogP contribution in [0.15, 0.2) is 48.5 Å². The summed E-state index contributed by atoms with van der Waals surface area (Å²) in [6.45, 7) is 2.23. The van der Waals surface area contributed by atoms with Crippen LogP contribution in [0, 0.1) is 5.92 Å². The first-order valence-electron chi connectivity index (χ1n) is 10.6. The Morgan fingerprint density at radius 1 is 1.03 bits per heavy atom. The maximum absolute atomic E-state index is 12.4. The van der Waals surface area contributed by atoms with Gasteiger partial charge in [0.05, 0.1) is 0 Å². The van der Waals surface area contributed by atoms with Gasteiger partial charge in [0, 0.05) is 43.0 Å². The van der Waals surface area contributed by atoms with Gasteiger partial charge >= 0.3 is 6.36 Å². The van der Waals surface area contributed by atoms with E-state index in [4.69, 9.17) is 0 Å². The number of carbonyl (C=O) groups is 1. The van der Waals surface area contributed by atoms with Crippen molar-refractivity contribution in [2.75, 3.05) is 23.3 Å². The van der Waals surface area contributed by atoms with Crippen molar-refractivity contribution in [3.05, 3.63) is 54.1 Å². The van der Waals surface area contributed by atoms with Gasteiger partial charge in [-0.05, 0) is 61.6 Å². The van der Waals surface area contributed by atoms with E-state index in [1.165, 1.54) is 12.1 Å². The molecule has 5 nitrogen and oxygen atoms in total. The summed E-state index contributed by atoms with van der Waals surface area (Å²) in [6, 6.07) is 14.3. The highest BCUT2D eigenvalue weighted by molar-refractivity contribution is 5.94. The van der Waals surface area contributed by atoms with Crippen LogP contribution in [0.2, 0.25) is 0 Å². The van der Waals surface area contributed by atoms with E-state index in [2.05, 4.69) is 20.3 Å².